The van der Waals surface area contributed by atoms with Crippen molar-refractivity contribution >= 4 is 11.0 Å². The summed E-state index contributed by atoms with van der Waals surface area (Å²) in [6.07, 6.45) is 0. The van der Waals surface area contributed by atoms with Gasteiger partial charge in [0.25, 0.3) is 0 Å². The van der Waals surface area contributed by atoms with E-state index in [4.69, 9.17) is 4.52 Å². The molecule has 3 rings (SSSR count). The van der Waals surface area contributed by atoms with E-state index in [0.717, 1.165) is 12.1 Å². The molecule has 0 atom stereocenters. The number of fused-ring (bicyclic) bond motifs is 1. The molecule has 86 valence electrons. The summed E-state index contributed by atoms with van der Waals surface area (Å²) in [6.45, 7) is 1.77. The molecular weight excluding hydrogens is 228 g/mol. The number of halogens is 2. The topological polar surface area (TPSA) is 54.7 Å². The summed E-state index contributed by atoms with van der Waals surface area (Å²) >= 11 is 0. The molecule has 2 heterocycles. The summed E-state index contributed by atoms with van der Waals surface area (Å²) < 4.78 is 31.0. The molecule has 1 aromatic carbocycles. The predicted octanol–water partition coefficient (Wildman–Crippen LogP) is 2.80. The van der Waals surface area contributed by atoms with Gasteiger partial charge in [0.05, 0.1) is 16.7 Å². The molecule has 0 unspecified atom stereocenters. The highest BCUT2D eigenvalue weighted by Gasteiger charge is 2.12. The molecule has 4 nitrogen and oxygen atoms in total. The minimum atomic E-state index is -0.927. The quantitative estimate of drug-likeness (QED) is 0.705. The molecule has 0 radical (unpaired) electrons. The second-order valence-electron chi connectivity index (χ2n) is 3.70. The average Bonchev–Trinajstić information content (AvgIpc) is 2.85. The normalized spacial score (nSPS) is 11.2. The van der Waals surface area contributed by atoms with Gasteiger partial charge in [0.15, 0.2) is 17.5 Å². The average molecular weight is 235 g/mol. The first-order chi connectivity index (χ1) is 8.13. The maximum atomic E-state index is 13.0. The maximum Gasteiger partial charge on any atom is 0.202 e. The van der Waals surface area contributed by atoms with Crippen molar-refractivity contribution in [3.05, 3.63) is 35.5 Å². The standard InChI is InChI=1S/C11H7F2N3O/c1-5-2-10(17-16-5)11-14-8-3-6(12)7(13)4-9(8)15-11/h2-4H,1H3,(H,14,15). The Morgan fingerprint density at radius 3 is 2.65 bits per heavy atom. The molecule has 0 saturated heterocycles. The zero-order valence-corrected chi connectivity index (χ0v) is 8.79. The predicted molar refractivity (Wildman–Crippen MR) is 56.2 cm³/mol. The molecule has 1 N–H and O–H groups in total. The van der Waals surface area contributed by atoms with Gasteiger partial charge in [0.2, 0.25) is 5.76 Å². The lowest BCUT2D eigenvalue weighted by Crippen LogP contribution is -1.82. The molecule has 2 aromatic heterocycles. The van der Waals surface area contributed by atoms with Crippen LogP contribution in [0.3, 0.4) is 0 Å². The summed E-state index contributed by atoms with van der Waals surface area (Å²) in [6, 6.07) is 3.78. The van der Waals surface area contributed by atoms with Crippen LogP contribution in [0.1, 0.15) is 5.69 Å². The van der Waals surface area contributed by atoms with Crippen molar-refractivity contribution in [1.29, 1.82) is 0 Å². The van der Waals surface area contributed by atoms with Crippen LogP contribution < -0.4 is 0 Å². The number of hydrogen-bond donors (Lipinski definition) is 1. The number of nitrogens with one attached hydrogen (secondary N) is 1. The molecule has 0 saturated carbocycles. The lowest BCUT2D eigenvalue weighted by Gasteiger charge is -1.90. The van der Waals surface area contributed by atoms with E-state index in [0.29, 0.717) is 28.3 Å². The van der Waals surface area contributed by atoms with E-state index < -0.39 is 11.6 Å². The molecule has 0 bridgehead atoms. The van der Waals surface area contributed by atoms with Crippen LogP contribution in [0.5, 0.6) is 0 Å². The number of benzene rings is 1. The first-order valence-corrected chi connectivity index (χ1v) is 4.92. The zero-order chi connectivity index (χ0) is 12.0. The summed E-state index contributed by atoms with van der Waals surface area (Å²) in [5.41, 5.74) is 1.46. The minimum absolute atomic E-state index is 0.341. The fraction of sp³-hybridized carbons (Fsp3) is 0.0909. The van der Waals surface area contributed by atoms with E-state index in [2.05, 4.69) is 15.1 Å². The van der Waals surface area contributed by atoms with Gasteiger partial charge in [-0.25, -0.2) is 13.8 Å². The molecule has 0 spiro atoms. The van der Waals surface area contributed by atoms with Gasteiger partial charge in [0, 0.05) is 18.2 Å². The van der Waals surface area contributed by atoms with Crippen molar-refractivity contribution in [3.63, 3.8) is 0 Å². The van der Waals surface area contributed by atoms with E-state index in [1.807, 2.05) is 0 Å². The Morgan fingerprint density at radius 2 is 1.94 bits per heavy atom. The summed E-state index contributed by atoms with van der Waals surface area (Å²) in [5.74, 6) is -1.02. The van der Waals surface area contributed by atoms with Gasteiger partial charge in [-0.3, -0.25) is 0 Å². The number of H-pyrrole nitrogens is 1. The zero-order valence-electron chi connectivity index (χ0n) is 8.79. The van der Waals surface area contributed by atoms with Crippen LogP contribution in [0, 0.1) is 18.6 Å². The summed E-state index contributed by atoms with van der Waals surface area (Å²) in [5, 5.41) is 3.72. The van der Waals surface area contributed by atoms with E-state index in [9.17, 15) is 8.78 Å². The number of aromatic amines is 1. The molecule has 6 heteroatoms. The van der Waals surface area contributed by atoms with Crippen LogP contribution >= 0.6 is 0 Å². The van der Waals surface area contributed by atoms with Gasteiger partial charge < -0.3 is 9.51 Å². The van der Waals surface area contributed by atoms with Crippen molar-refractivity contribution in [2.45, 2.75) is 6.92 Å². The smallest absolute Gasteiger partial charge is 0.202 e. The number of imidazole rings is 1. The molecule has 0 aliphatic rings. The van der Waals surface area contributed by atoms with E-state index in [1.54, 1.807) is 13.0 Å². The van der Waals surface area contributed by atoms with Gasteiger partial charge in [-0.1, -0.05) is 5.16 Å². The Bertz CT molecular complexity index is 663. The highest BCUT2D eigenvalue weighted by molar-refractivity contribution is 5.78. The Hall–Kier alpha value is -2.24. The SMILES string of the molecule is Cc1cc(-c2nc3cc(F)c(F)cc3[nH]2)on1. The lowest BCUT2D eigenvalue weighted by atomic mass is 10.3. The third kappa shape index (κ3) is 1.57. The fourth-order valence-electron chi connectivity index (χ4n) is 1.60. The monoisotopic (exact) mass is 235 g/mol. The van der Waals surface area contributed by atoms with Crippen LogP contribution in [0.25, 0.3) is 22.6 Å². The van der Waals surface area contributed by atoms with Crippen LogP contribution in [0.2, 0.25) is 0 Å². The first-order valence-electron chi connectivity index (χ1n) is 4.92. The maximum absolute atomic E-state index is 13.0. The Labute approximate surface area is 94.3 Å². The van der Waals surface area contributed by atoms with Crippen molar-refractivity contribution in [2.75, 3.05) is 0 Å². The second-order valence-corrected chi connectivity index (χ2v) is 3.70. The van der Waals surface area contributed by atoms with Gasteiger partial charge in [-0.15, -0.1) is 0 Å². The van der Waals surface area contributed by atoms with Crippen LogP contribution in [0.15, 0.2) is 22.7 Å². The molecule has 3 aromatic rings. The lowest BCUT2D eigenvalue weighted by molar-refractivity contribution is 0.425. The number of nitrogens with zero attached hydrogens (tertiary/aromatic N) is 2. The van der Waals surface area contributed by atoms with Crippen molar-refractivity contribution in [2.24, 2.45) is 0 Å². The molecule has 0 fully saturated rings. The fourth-order valence-corrected chi connectivity index (χ4v) is 1.60. The number of aryl methyl sites for hydroxylation is 1. The van der Waals surface area contributed by atoms with Gasteiger partial charge in [0.1, 0.15) is 0 Å². The van der Waals surface area contributed by atoms with Crippen molar-refractivity contribution in [1.82, 2.24) is 15.1 Å². The highest BCUT2D eigenvalue weighted by Crippen LogP contribution is 2.22. The van der Waals surface area contributed by atoms with Gasteiger partial charge >= 0.3 is 0 Å². The number of rotatable bonds is 1. The Morgan fingerprint density at radius 1 is 1.18 bits per heavy atom. The molecule has 0 aliphatic heterocycles. The van der Waals surface area contributed by atoms with Gasteiger partial charge in [-0.05, 0) is 6.92 Å². The van der Waals surface area contributed by atoms with Gasteiger partial charge in [-0.2, -0.15) is 0 Å². The second kappa shape index (κ2) is 3.38. The van der Waals surface area contributed by atoms with E-state index in [-0.39, 0.29) is 0 Å². The van der Waals surface area contributed by atoms with Crippen LogP contribution in [-0.4, -0.2) is 15.1 Å². The summed E-state index contributed by atoms with van der Waals surface area (Å²) in [4.78, 5) is 6.94. The third-order valence-corrected chi connectivity index (χ3v) is 2.39. The van der Waals surface area contributed by atoms with Crippen LogP contribution in [0.4, 0.5) is 8.78 Å². The van der Waals surface area contributed by atoms with Crippen molar-refractivity contribution in [3.8, 4) is 11.6 Å². The summed E-state index contributed by atoms with van der Waals surface area (Å²) in [7, 11) is 0. The Kier molecular flexibility index (Phi) is 1.98. The Balaban J connectivity index is 2.19. The third-order valence-electron chi connectivity index (χ3n) is 2.39. The molecule has 17 heavy (non-hydrogen) atoms. The largest absolute Gasteiger partial charge is 0.353 e. The van der Waals surface area contributed by atoms with E-state index in [1.165, 1.54) is 0 Å². The molecule has 0 aliphatic carbocycles. The van der Waals surface area contributed by atoms with Crippen molar-refractivity contribution < 1.29 is 13.3 Å². The molecule has 0 amide bonds. The highest BCUT2D eigenvalue weighted by atomic mass is 19.2. The molecular formula is C11H7F2N3O. The van der Waals surface area contributed by atoms with E-state index >= 15 is 0 Å². The minimum Gasteiger partial charge on any atom is -0.353 e. The number of aromatic nitrogens is 3. The first kappa shape index (κ1) is 9.95. The number of hydrogen-bond acceptors (Lipinski definition) is 3. The van der Waals surface area contributed by atoms with Crippen LogP contribution in [-0.2, 0) is 0 Å².